The summed E-state index contributed by atoms with van der Waals surface area (Å²) in [5.74, 6) is -1.71. The number of nitrogens with one attached hydrogen (secondary N) is 1. The SMILES string of the molecule is COCCOCCOCCOCCOCCOCCOCCOCCOCCOCCOCCOCCNC(=O)CCC1=C(COC)C(=O)OC1=O. The molecule has 0 saturated heterocycles. The van der Waals surface area contributed by atoms with Crippen molar-refractivity contribution in [3.8, 4) is 0 Å². The van der Waals surface area contributed by atoms with Gasteiger partial charge in [0.05, 0.1) is 170 Å². The van der Waals surface area contributed by atoms with Crippen LogP contribution in [0.25, 0.3) is 0 Å². The van der Waals surface area contributed by atoms with E-state index in [1.807, 2.05) is 0 Å². The molecule has 18 heteroatoms. The summed E-state index contributed by atoms with van der Waals surface area (Å²) in [5.41, 5.74) is 0.343. The van der Waals surface area contributed by atoms with Gasteiger partial charge in [0.2, 0.25) is 5.91 Å². The zero-order valence-electron chi connectivity index (χ0n) is 31.0. The lowest BCUT2D eigenvalue weighted by atomic mass is 10.1. The summed E-state index contributed by atoms with van der Waals surface area (Å²) in [4.78, 5) is 35.4. The fourth-order valence-electron chi connectivity index (χ4n) is 4.03. The minimum atomic E-state index is -0.724. The second kappa shape index (κ2) is 37.2. The third-order valence-corrected chi connectivity index (χ3v) is 6.65. The third-order valence-electron chi connectivity index (χ3n) is 6.65. The average Bonchev–Trinajstić information content (AvgIpc) is 3.41. The minimum absolute atomic E-state index is 0.0336. The van der Waals surface area contributed by atoms with Gasteiger partial charge in [-0.2, -0.15) is 0 Å². The smallest absolute Gasteiger partial charge is 0.344 e. The standard InChI is InChI=1S/C34H61NO17/c1-39-7-8-42-11-12-44-15-16-46-19-20-48-23-24-50-27-28-51-26-25-49-22-21-47-18-17-45-14-13-43-10-9-41-6-5-35-32(36)4-3-30-31(29-40-2)34(38)52-33(30)37/h3-29H2,1-2H3,(H,35,36). The molecule has 304 valence electrons. The molecule has 1 aliphatic heterocycles. The molecule has 52 heavy (non-hydrogen) atoms. The van der Waals surface area contributed by atoms with Crippen LogP contribution in [0.3, 0.4) is 0 Å². The predicted octanol–water partition coefficient (Wildman–Crippen LogP) is -0.262. The van der Waals surface area contributed by atoms with Gasteiger partial charge in [0, 0.05) is 27.2 Å². The average molecular weight is 756 g/mol. The molecule has 0 unspecified atom stereocenters. The van der Waals surface area contributed by atoms with Gasteiger partial charge in [0.15, 0.2) is 0 Å². The minimum Gasteiger partial charge on any atom is -0.386 e. The molecule has 1 rings (SSSR count). The number of cyclic esters (lactones) is 2. The van der Waals surface area contributed by atoms with E-state index in [4.69, 9.17) is 61.6 Å². The maximum Gasteiger partial charge on any atom is 0.344 e. The Balaban J connectivity index is 1.69. The molecule has 18 nitrogen and oxygen atoms in total. The van der Waals surface area contributed by atoms with Crippen molar-refractivity contribution in [1.82, 2.24) is 5.32 Å². The summed E-state index contributed by atoms with van der Waals surface area (Å²) in [5, 5.41) is 2.70. The first-order valence-electron chi connectivity index (χ1n) is 17.7. The molecular weight excluding hydrogens is 694 g/mol. The van der Waals surface area contributed by atoms with Crippen LogP contribution in [0.5, 0.6) is 0 Å². The molecule has 0 spiro atoms. The molecule has 0 aliphatic carbocycles. The van der Waals surface area contributed by atoms with Gasteiger partial charge in [0.1, 0.15) is 0 Å². The molecule has 0 aromatic carbocycles. The van der Waals surface area contributed by atoms with Crippen molar-refractivity contribution in [3.63, 3.8) is 0 Å². The number of carbonyl (C=O) groups excluding carboxylic acids is 3. The normalized spacial score (nSPS) is 13.0. The summed E-state index contributed by atoms with van der Waals surface area (Å²) < 4.78 is 74.2. The highest BCUT2D eigenvalue weighted by atomic mass is 16.6. The Bertz CT molecular complexity index is 907. The van der Waals surface area contributed by atoms with Crippen molar-refractivity contribution in [2.45, 2.75) is 12.8 Å². The summed E-state index contributed by atoms with van der Waals surface area (Å²) in [6, 6.07) is 0. The number of esters is 2. The second-order valence-electron chi connectivity index (χ2n) is 10.6. The number of methoxy groups -OCH3 is 2. The first-order chi connectivity index (χ1) is 25.6. The van der Waals surface area contributed by atoms with Gasteiger partial charge in [-0.25, -0.2) is 9.59 Å². The molecule has 0 saturated carbocycles. The summed E-state index contributed by atoms with van der Waals surface area (Å²) in [6.45, 7) is 11.3. The largest absolute Gasteiger partial charge is 0.386 e. The van der Waals surface area contributed by atoms with E-state index in [0.717, 1.165) is 0 Å². The summed E-state index contributed by atoms with van der Waals surface area (Å²) in [6.07, 6.45) is 0.145. The number of carbonyl (C=O) groups is 3. The van der Waals surface area contributed by atoms with Crippen molar-refractivity contribution in [2.75, 3.05) is 179 Å². The molecule has 1 heterocycles. The van der Waals surface area contributed by atoms with Crippen LogP contribution in [0, 0.1) is 0 Å². The molecule has 0 radical (unpaired) electrons. The van der Waals surface area contributed by atoms with Gasteiger partial charge in [-0.1, -0.05) is 0 Å². The first-order valence-corrected chi connectivity index (χ1v) is 17.7. The van der Waals surface area contributed by atoms with Crippen LogP contribution in [0.1, 0.15) is 12.8 Å². The zero-order chi connectivity index (χ0) is 37.6. The van der Waals surface area contributed by atoms with E-state index >= 15 is 0 Å². The molecule has 0 aromatic rings. The van der Waals surface area contributed by atoms with Crippen molar-refractivity contribution >= 4 is 17.8 Å². The Morgan fingerprint density at radius 1 is 0.442 bits per heavy atom. The van der Waals surface area contributed by atoms with Crippen molar-refractivity contribution in [1.29, 1.82) is 0 Å². The third kappa shape index (κ3) is 29.3. The summed E-state index contributed by atoms with van der Waals surface area (Å²) >= 11 is 0. The molecule has 0 atom stereocenters. The van der Waals surface area contributed by atoms with Crippen LogP contribution in [-0.2, 0) is 80.7 Å². The van der Waals surface area contributed by atoms with Gasteiger partial charge in [0.25, 0.3) is 0 Å². The van der Waals surface area contributed by atoms with Crippen LogP contribution in [0.15, 0.2) is 11.1 Å². The molecule has 0 fully saturated rings. The maximum atomic E-state index is 12.0. The van der Waals surface area contributed by atoms with E-state index in [1.165, 1.54) is 7.11 Å². The Labute approximate surface area is 307 Å². The summed E-state index contributed by atoms with van der Waals surface area (Å²) in [7, 11) is 3.05. The Kier molecular flexibility index (Phi) is 34.2. The van der Waals surface area contributed by atoms with Crippen LogP contribution < -0.4 is 5.32 Å². The Morgan fingerprint density at radius 3 is 1.08 bits per heavy atom. The van der Waals surface area contributed by atoms with Gasteiger partial charge < -0.3 is 71.6 Å². The van der Waals surface area contributed by atoms with Crippen LogP contribution in [0.4, 0.5) is 0 Å². The van der Waals surface area contributed by atoms with Crippen LogP contribution >= 0.6 is 0 Å². The second-order valence-corrected chi connectivity index (χ2v) is 10.6. The molecule has 0 bridgehead atoms. The Hall–Kier alpha value is -2.17. The van der Waals surface area contributed by atoms with E-state index < -0.39 is 11.9 Å². The van der Waals surface area contributed by atoms with Gasteiger partial charge >= 0.3 is 11.9 Å². The van der Waals surface area contributed by atoms with Crippen molar-refractivity contribution in [3.05, 3.63) is 11.1 Å². The van der Waals surface area contributed by atoms with Crippen molar-refractivity contribution < 1.29 is 80.7 Å². The number of ether oxygens (including phenoxy) is 14. The topological polar surface area (TPSA) is 192 Å². The maximum absolute atomic E-state index is 12.0. The molecule has 1 amide bonds. The van der Waals surface area contributed by atoms with E-state index in [1.54, 1.807) is 7.11 Å². The quantitative estimate of drug-likeness (QED) is 0.0487. The lowest BCUT2D eigenvalue weighted by Crippen LogP contribution is -2.27. The first kappa shape index (κ1) is 47.9. The highest BCUT2D eigenvalue weighted by molar-refractivity contribution is 6.12. The monoisotopic (exact) mass is 755 g/mol. The van der Waals surface area contributed by atoms with Gasteiger partial charge in [-0.3, -0.25) is 4.79 Å². The Morgan fingerprint density at radius 2 is 0.750 bits per heavy atom. The highest BCUT2D eigenvalue weighted by Crippen LogP contribution is 2.22. The van der Waals surface area contributed by atoms with Crippen LogP contribution in [0.2, 0.25) is 0 Å². The molecule has 1 aliphatic rings. The molecule has 1 N–H and O–H groups in total. The van der Waals surface area contributed by atoms with Gasteiger partial charge in [-0.05, 0) is 6.42 Å². The van der Waals surface area contributed by atoms with Gasteiger partial charge in [-0.15, -0.1) is 0 Å². The lowest BCUT2D eigenvalue weighted by molar-refractivity contribution is -0.151. The fourth-order valence-corrected chi connectivity index (χ4v) is 4.03. The predicted molar refractivity (Wildman–Crippen MR) is 183 cm³/mol. The lowest BCUT2D eigenvalue weighted by Gasteiger charge is -2.09. The highest BCUT2D eigenvalue weighted by Gasteiger charge is 2.32. The van der Waals surface area contributed by atoms with E-state index in [9.17, 15) is 14.4 Å². The van der Waals surface area contributed by atoms with E-state index in [0.29, 0.717) is 159 Å². The molecular formula is C34H61NO17. The number of amides is 1. The van der Waals surface area contributed by atoms with Crippen LogP contribution in [-0.4, -0.2) is 197 Å². The molecule has 0 aromatic heterocycles. The number of hydrogen-bond acceptors (Lipinski definition) is 17. The zero-order valence-corrected chi connectivity index (χ0v) is 31.0. The number of hydrogen-bond donors (Lipinski definition) is 1. The van der Waals surface area contributed by atoms with Crippen molar-refractivity contribution in [2.24, 2.45) is 0 Å². The number of rotatable bonds is 41. The van der Waals surface area contributed by atoms with E-state index in [-0.39, 0.29) is 36.5 Å². The van der Waals surface area contributed by atoms with E-state index in [2.05, 4.69) is 10.1 Å². The fraction of sp³-hybridized carbons (Fsp3) is 0.853.